The normalized spacial score (nSPS) is 13.6. The molecule has 0 saturated carbocycles. The van der Waals surface area contributed by atoms with Gasteiger partial charge in [-0.05, 0) is 0 Å². The summed E-state index contributed by atoms with van der Waals surface area (Å²) in [7, 11) is 1.97. The minimum atomic E-state index is 0.0872. The molecule has 0 aliphatic rings. The molecule has 0 aliphatic carbocycles. The molecule has 0 radical (unpaired) electrons. The minimum absolute atomic E-state index is 0.0872. The van der Waals surface area contributed by atoms with Crippen molar-refractivity contribution in [2.45, 2.75) is 78.6 Å². The maximum atomic E-state index is 4.69. The summed E-state index contributed by atoms with van der Waals surface area (Å²) in [6.45, 7) is 20.4. The SMILES string of the molecule is CC(C)(C)c1cbnc(C(C)(C)C)c1C(C)(C)C. The van der Waals surface area contributed by atoms with Gasteiger partial charge in [0.05, 0.1) is 0 Å². The number of rotatable bonds is 0. The van der Waals surface area contributed by atoms with Crippen LogP contribution in [0, 0.1) is 0 Å². The van der Waals surface area contributed by atoms with E-state index in [1.54, 1.807) is 0 Å². The Labute approximate surface area is 114 Å². The standard InChI is InChI=1S/C16H28BN/c1-14(2,3)11-10-17-18-13(16(7,8)9)12(11)15(4,5)6/h10H,1-9H3. The van der Waals surface area contributed by atoms with Gasteiger partial charge in [0.25, 0.3) is 0 Å². The zero-order chi connectivity index (χ0) is 14.4. The second-order valence-electron chi connectivity index (χ2n) is 8.33. The molecule has 1 aromatic rings. The Morgan fingerprint density at radius 1 is 0.778 bits per heavy atom. The number of hydrogen-bond acceptors (Lipinski definition) is 1. The summed E-state index contributed by atoms with van der Waals surface area (Å²) in [5.41, 5.74) is 4.46. The molecular formula is C16H28BN. The van der Waals surface area contributed by atoms with Crippen LogP contribution in [0.4, 0.5) is 0 Å². The third kappa shape index (κ3) is 3.21. The monoisotopic (exact) mass is 245 g/mol. The summed E-state index contributed by atoms with van der Waals surface area (Å²) in [4.78, 5) is 4.69. The van der Waals surface area contributed by atoms with Crippen LogP contribution >= 0.6 is 0 Å². The third-order valence-electron chi connectivity index (χ3n) is 3.22. The van der Waals surface area contributed by atoms with E-state index >= 15 is 0 Å². The molecule has 0 fully saturated rings. The van der Waals surface area contributed by atoms with Gasteiger partial charge < -0.3 is 0 Å². The van der Waals surface area contributed by atoms with Crippen LogP contribution in [0.3, 0.4) is 0 Å². The van der Waals surface area contributed by atoms with Gasteiger partial charge in [0, 0.05) is 0 Å². The predicted octanol–water partition coefficient (Wildman–Crippen LogP) is 4.31. The first-order chi connectivity index (χ1) is 7.85. The Balaban J connectivity index is 3.68. The van der Waals surface area contributed by atoms with Crippen molar-refractivity contribution in [1.29, 1.82) is 0 Å². The summed E-state index contributed by atoms with van der Waals surface area (Å²) < 4.78 is 0. The van der Waals surface area contributed by atoms with Crippen LogP contribution in [0.25, 0.3) is 0 Å². The van der Waals surface area contributed by atoms with Crippen molar-refractivity contribution >= 4 is 7.05 Å². The Bertz CT molecular complexity index is 396. The van der Waals surface area contributed by atoms with Crippen LogP contribution in [0.2, 0.25) is 0 Å². The molecule has 1 nitrogen and oxygen atoms in total. The predicted molar refractivity (Wildman–Crippen MR) is 81.7 cm³/mol. The first-order valence-electron chi connectivity index (χ1n) is 6.85. The van der Waals surface area contributed by atoms with Gasteiger partial charge in [0.1, 0.15) is 0 Å². The topological polar surface area (TPSA) is 12.9 Å². The van der Waals surface area contributed by atoms with Gasteiger partial charge in [-0.25, -0.2) is 0 Å². The molecule has 1 heterocycles. The molecule has 0 spiro atoms. The van der Waals surface area contributed by atoms with Gasteiger partial charge in [-0.1, -0.05) is 0 Å². The first kappa shape index (κ1) is 15.4. The second-order valence-corrected chi connectivity index (χ2v) is 8.33. The average Bonchev–Trinajstić information content (AvgIpc) is 2.12. The van der Waals surface area contributed by atoms with E-state index in [0.29, 0.717) is 0 Å². The molecule has 1 aromatic heterocycles. The zero-order valence-electron chi connectivity index (χ0n) is 13.6. The summed E-state index contributed by atoms with van der Waals surface area (Å²) in [6, 6.07) is 0. The molecule has 100 valence electrons. The first-order valence-corrected chi connectivity index (χ1v) is 6.85. The third-order valence-corrected chi connectivity index (χ3v) is 3.22. The summed E-state index contributed by atoms with van der Waals surface area (Å²) in [5, 5.41) is 0. The van der Waals surface area contributed by atoms with E-state index in [-0.39, 0.29) is 16.2 Å². The molecule has 0 amide bonds. The molecule has 0 aliphatic heterocycles. The molecule has 0 atom stereocenters. The van der Waals surface area contributed by atoms with E-state index in [9.17, 15) is 0 Å². The fourth-order valence-electron chi connectivity index (χ4n) is 2.41. The van der Waals surface area contributed by atoms with E-state index in [1.807, 2.05) is 7.05 Å². The van der Waals surface area contributed by atoms with Gasteiger partial charge >= 0.3 is 113 Å². The van der Waals surface area contributed by atoms with Gasteiger partial charge in [0.15, 0.2) is 0 Å². The summed E-state index contributed by atoms with van der Waals surface area (Å²) in [6.07, 6.45) is 0. The summed E-state index contributed by atoms with van der Waals surface area (Å²) in [5.74, 6) is 2.19. The molecule has 0 saturated heterocycles. The number of hydrogen-bond donors (Lipinski definition) is 0. The number of aromatic nitrogens is 1. The average molecular weight is 245 g/mol. The fraction of sp³-hybridized carbons (Fsp3) is 0.750. The van der Waals surface area contributed by atoms with Gasteiger partial charge in [-0.2, -0.15) is 0 Å². The number of nitrogens with zero attached hydrogens (tertiary/aromatic N) is 1. The van der Waals surface area contributed by atoms with Crippen LogP contribution < -0.4 is 0 Å². The van der Waals surface area contributed by atoms with Crippen molar-refractivity contribution in [3.63, 3.8) is 0 Å². The van der Waals surface area contributed by atoms with E-state index in [4.69, 9.17) is 4.89 Å². The summed E-state index contributed by atoms with van der Waals surface area (Å²) >= 11 is 0. The Morgan fingerprint density at radius 3 is 1.61 bits per heavy atom. The van der Waals surface area contributed by atoms with Crippen LogP contribution in [0.15, 0.2) is 5.96 Å². The van der Waals surface area contributed by atoms with Gasteiger partial charge in [0.2, 0.25) is 0 Å². The molecule has 0 aromatic carbocycles. The molecule has 0 unspecified atom stereocenters. The molecular weight excluding hydrogens is 217 g/mol. The van der Waals surface area contributed by atoms with Crippen LogP contribution in [-0.4, -0.2) is 11.9 Å². The van der Waals surface area contributed by atoms with Crippen LogP contribution in [0.1, 0.15) is 79.1 Å². The van der Waals surface area contributed by atoms with Crippen LogP contribution in [-0.2, 0) is 16.2 Å². The quantitative estimate of drug-likeness (QED) is 0.663. The fourth-order valence-corrected chi connectivity index (χ4v) is 2.41. The van der Waals surface area contributed by atoms with Gasteiger partial charge in [-0.3, -0.25) is 0 Å². The van der Waals surface area contributed by atoms with Gasteiger partial charge in [-0.15, -0.1) is 0 Å². The van der Waals surface area contributed by atoms with E-state index < -0.39 is 0 Å². The maximum absolute atomic E-state index is 4.69. The Kier molecular flexibility index (Phi) is 3.82. The molecule has 0 bridgehead atoms. The van der Waals surface area contributed by atoms with E-state index in [2.05, 4.69) is 68.3 Å². The molecule has 0 N–H and O–H groups in total. The van der Waals surface area contributed by atoms with E-state index in [1.165, 1.54) is 16.8 Å². The van der Waals surface area contributed by atoms with Crippen molar-refractivity contribution < 1.29 is 0 Å². The van der Waals surface area contributed by atoms with Crippen molar-refractivity contribution in [3.8, 4) is 0 Å². The molecule has 2 heteroatoms. The van der Waals surface area contributed by atoms with Crippen LogP contribution in [0.5, 0.6) is 0 Å². The molecule has 1 rings (SSSR count). The van der Waals surface area contributed by atoms with E-state index in [0.717, 1.165) is 0 Å². The Hall–Kier alpha value is -0.655. The Morgan fingerprint density at radius 2 is 1.28 bits per heavy atom. The molecule has 18 heavy (non-hydrogen) atoms. The van der Waals surface area contributed by atoms with Crippen molar-refractivity contribution in [3.05, 3.63) is 22.8 Å². The second kappa shape index (κ2) is 4.47. The van der Waals surface area contributed by atoms with Crippen molar-refractivity contribution in [1.82, 2.24) is 4.89 Å². The van der Waals surface area contributed by atoms with Crippen molar-refractivity contribution in [2.75, 3.05) is 0 Å². The zero-order valence-corrected chi connectivity index (χ0v) is 13.6. The van der Waals surface area contributed by atoms with Crippen molar-refractivity contribution in [2.24, 2.45) is 0 Å².